The Hall–Kier alpha value is -1.40. The number of aromatic nitrogens is 2. The Balaban J connectivity index is 2.26. The zero-order valence-corrected chi connectivity index (χ0v) is 10.3. The number of aromatic amines is 1. The first-order chi connectivity index (χ1) is 8.52. The summed E-state index contributed by atoms with van der Waals surface area (Å²) in [5.41, 5.74) is -0.334. The fourth-order valence-electron chi connectivity index (χ4n) is 2.51. The summed E-state index contributed by atoms with van der Waals surface area (Å²) in [6.07, 6.45) is 2.75. The van der Waals surface area contributed by atoms with E-state index in [4.69, 9.17) is 5.11 Å². The number of rotatable bonds is 2. The zero-order valence-electron chi connectivity index (χ0n) is 10.3. The van der Waals surface area contributed by atoms with Crippen LogP contribution in [0.3, 0.4) is 0 Å². The van der Waals surface area contributed by atoms with Gasteiger partial charge in [-0.2, -0.15) is 0 Å². The van der Waals surface area contributed by atoms with Crippen LogP contribution in [0.1, 0.15) is 30.9 Å². The third-order valence-corrected chi connectivity index (χ3v) is 3.70. The lowest BCUT2D eigenvalue weighted by atomic mass is 9.84. The maximum atomic E-state index is 11.7. The summed E-state index contributed by atoms with van der Waals surface area (Å²) in [7, 11) is 0. The van der Waals surface area contributed by atoms with Gasteiger partial charge in [-0.15, -0.1) is 0 Å². The molecule has 1 aliphatic rings. The predicted molar refractivity (Wildman–Crippen MR) is 65.5 cm³/mol. The lowest BCUT2D eigenvalue weighted by molar-refractivity contribution is 0.0175. The molecule has 1 heterocycles. The van der Waals surface area contributed by atoms with Gasteiger partial charge in [0.2, 0.25) is 0 Å². The van der Waals surface area contributed by atoms with Crippen molar-refractivity contribution in [3.05, 3.63) is 32.6 Å². The fraction of sp³-hybridized carbons (Fsp3) is 0.667. The molecule has 6 heteroatoms. The summed E-state index contributed by atoms with van der Waals surface area (Å²) in [6.45, 7) is 1.61. The first-order valence-electron chi connectivity index (χ1n) is 6.14. The quantitative estimate of drug-likeness (QED) is 0.665. The van der Waals surface area contributed by atoms with E-state index in [1.807, 2.05) is 0 Å². The second kappa shape index (κ2) is 5.07. The van der Waals surface area contributed by atoms with Crippen molar-refractivity contribution in [2.45, 2.75) is 38.3 Å². The van der Waals surface area contributed by atoms with Crippen LogP contribution >= 0.6 is 0 Å². The molecular weight excluding hydrogens is 236 g/mol. The molecule has 18 heavy (non-hydrogen) atoms. The van der Waals surface area contributed by atoms with E-state index in [9.17, 15) is 14.7 Å². The third-order valence-electron chi connectivity index (χ3n) is 3.70. The number of aliphatic hydroxyl groups excluding tert-OH is 2. The molecule has 2 rings (SSSR count). The number of H-pyrrole nitrogens is 1. The fourth-order valence-corrected chi connectivity index (χ4v) is 2.51. The van der Waals surface area contributed by atoms with Crippen LogP contribution in [0.2, 0.25) is 0 Å². The number of hydrogen-bond acceptors (Lipinski definition) is 4. The third kappa shape index (κ3) is 2.39. The summed E-state index contributed by atoms with van der Waals surface area (Å²) in [5, 5.41) is 18.9. The SMILES string of the molecule is Cc1cn([C@@H]2CC[C@@H](CO)[C@H](O)C2)c(=O)[nH]c1=O. The van der Waals surface area contributed by atoms with E-state index in [-0.39, 0.29) is 24.1 Å². The number of nitrogens with one attached hydrogen (secondary N) is 1. The van der Waals surface area contributed by atoms with Crippen molar-refractivity contribution in [1.29, 1.82) is 0 Å². The van der Waals surface area contributed by atoms with Crippen LogP contribution < -0.4 is 11.2 Å². The van der Waals surface area contributed by atoms with Gasteiger partial charge in [-0.3, -0.25) is 14.3 Å². The molecule has 0 bridgehead atoms. The molecule has 1 aliphatic carbocycles. The number of hydrogen-bond donors (Lipinski definition) is 3. The van der Waals surface area contributed by atoms with Crippen molar-refractivity contribution < 1.29 is 10.2 Å². The molecule has 0 amide bonds. The summed E-state index contributed by atoms with van der Waals surface area (Å²) in [4.78, 5) is 25.3. The number of aryl methyl sites for hydroxylation is 1. The Morgan fingerprint density at radius 3 is 2.78 bits per heavy atom. The molecule has 0 spiro atoms. The Morgan fingerprint density at radius 1 is 1.44 bits per heavy atom. The highest BCUT2D eigenvalue weighted by Crippen LogP contribution is 2.31. The molecule has 3 N–H and O–H groups in total. The van der Waals surface area contributed by atoms with Crippen LogP contribution in [0.4, 0.5) is 0 Å². The normalized spacial score (nSPS) is 28.3. The molecule has 3 atom stereocenters. The Morgan fingerprint density at radius 2 is 2.17 bits per heavy atom. The van der Waals surface area contributed by atoms with Gasteiger partial charge in [-0.05, 0) is 26.2 Å². The zero-order chi connectivity index (χ0) is 13.3. The number of aliphatic hydroxyl groups is 2. The monoisotopic (exact) mass is 254 g/mol. The van der Waals surface area contributed by atoms with Gasteiger partial charge in [-0.1, -0.05) is 0 Å². The molecule has 1 saturated carbocycles. The van der Waals surface area contributed by atoms with E-state index in [1.54, 1.807) is 6.92 Å². The van der Waals surface area contributed by atoms with Gasteiger partial charge in [0.15, 0.2) is 0 Å². The summed E-state index contributed by atoms with van der Waals surface area (Å²) in [6, 6.07) is -0.120. The first kappa shape index (κ1) is 13.0. The average molecular weight is 254 g/mol. The van der Waals surface area contributed by atoms with Gasteiger partial charge in [0.25, 0.3) is 5.56 Å². The van der Waals surface area contributed by atoms with E-state index >= 15 is 0 Å². The summed E-state index contributed by atoms with van der Waals surface area (Å²) < 4.78 is 1.48. The largest absolute Gasteiger partial charge is 0.396 e. The predicted octanol–water partition coefficient (Wildman–Crippen LogP) is -0.461. The van der Waals surface area contributed by atoms with Gasteiger partial charge in [0.1, 0.15) is 0 Å². The van der Waals surface area contributed by atoms with Gasteiger partial charge in [0.05, 0.1) is 6.10 Å². The van der Waals surface area contributed by atoms with Gasteiger partial charge in [0, 0.05) is 30.3 Å². The van der Waals surface area contributed by atoms with Crippen molar-refractivity contribution in [3.8, 4) is 0 Å². The van der Waals surface area contributed by atoms with Gasteiger partial charge >= 0.3 is 5.69 Å². The highest BCUT2D eigenvalue weighted by atomic mass is 16.3. The van der Waals surface area contributed by atoms with E-state index in [1.165, 1.54) is 10.8 Å². The minimum atomic E-state index is -0.604. The minimum absolute atomic E-state index is 0.0343. The summed E-state index contributed by atoms with van der Waals surface area (Å²) >= 11 is 0. The Kier molecular flexibility index (Phi) is 3.68. The molecule has 1 aromatic heterocycles. The molecule has 0 aliphatic heterocycles. The lowest BCUT2D eigenvalue weighted by Gasteiger charge is -2.32. The molecule has 0 aromatic carbocycles. The van der Waals surface area contributed by atoms with Crippen molar-refractivity contribution in [3.63, 3.8) is 0 Å². The van der Waals surface area contributed by atoms with Crippen molar-refractivity contribution >= 4 is 0 Å². The van der Waals surface area contributed by atoms with Crippen LogP contribution in [0.25, 0.3) is 0 Å². The van der Waals surface area contributed by atoms with Gasteiger partial charge < -0.3 is 10.2 Å². The minimum Gasteiger partial charge on any atom is -0.396 e. The number of nitrogens with zero attached hydrogens (tertiary/aromatic N) is 1. The molecule has 0 unspecified atom stereocenters. The Labute approximate surface area is 104 Å². The van der Waals surface area contributed by atoms with E-state index in [2.05, 4.69) is 4.98 Å². The smallest absolute Gasteiger partial charge is 0.328 e. The maximum absolute atomic E-state index is 11.7. The van der Waals surface area contributed by atoms with Crippen LogP contribution in [-0.2, 0) is 0 Å². The van der Waals surface area contributed by atoms with Crippen LogP contribution in [0.5, 0.6) is 0 Å². The lowest BCUT2D eigenvalue weighted by Crippen LogP contribution is -2.39. The standard InChI is InChI=1S/C12H18N2O4/c1-7-5-14(12(18)13-11(7)17)9-3-2-8(6-15)10(16)4-9/h5,8-10,15-16H,2-4,6H2,1H3,(H,13,17,18)/t8-,9+,10+/m0/s1. The van der Waals surface area contributed by atoms with Crippen molar-refractivity contribution in [1.82, 2.24) is 9.55 Å². The topological polar surface area (TPSA) is 95.3 Å². The van der Waals surface area contributed by atoms with E-state index in [0.29, 0.717) is 24.8 Å². The van der Waals surface area contributed by atoms with E-state index in [0.717, 1.165) is 0 Å². The average Bonchev–Trinajstić information content (AvgIpc) is 2.33. The van der Waals surface area contributed by atoms with Gasteiger partial charge in [-0.25, -0.2) is 4.79 Å². The molecule has 100 valence electrons. The molecular formula is C12H18N2O4. The summed E-state index contributed by atoms with van der Waals surface area (Å²) in [5.74, 6) is -0.110. The van der Waals surface area contributed by atoms with Crippen LogP contribution in [-0.4, -0.2) is 32.5 Å². The first-order valence-corrected chi connectivity index (χ1v) is 6.14. The molecule has 0 saturated heterocycles. The Bertz CT molecular complexity index is 534. The second-order valence-corrected chi connectivity index (χ2v) is 4.96. The molecule has 1 aromatic rings. The van der Waals surface area contributed by atoms with Crippen LogP contribution in [0.15, 0.2) is 15.8 Å². The van der Waals surface area contributed by atoms with E-state index < -0.39 is 11.8 Å². The van der Waals surface area contributed by atoms with Crippen LogP contribution in [0, 0.1) is 12.8 Å². The highest BCUT2D eigenvalue weighted by Gasteiger charge is 2.30. The molecule has 0 radical (unpaired) electrons. The van der Waals surface area contributed by atoms with Crippen molar-refractivity contribution in [2.75, 3.05) is 6.61 Å². The second-order valence-electron chi connectivity index (χ2n) is 4.96. The highest BCUT2D eigenvalue weighted by molar-refractivity contribution is 5.02. The molecule has 1 fully saturated rings. The molecule has 6 nitrogen and oxygen atoms in total. The maximum Gasteiger partial charge on any atom is 0.328 e. The van der Waals surface area contributed by atoms with Crippen molar-refractivity contribution in [2.24, 2.45) is 5.92 Å².